The number of hydrogen-bond donors (Lipinski definition) is 1. The molecule has 8 heteroatoms. The Kier molecular flexibility index (Phi) is 5.44. The van der Waals surface area contributed by atoms with Gasteiger partial charge in [-0.2, -0.15) is 0 Å². The molecule has 1 N–H and O–H groups in total. The smallest absolute Gasteiger partial charge is 0.323 e. The molecule has 126 valence electrons. The molecular formula is C14H24N2O5S. The van der Waals surface area contributed by atoms with Crippen molar-refractivity contribution in [1.82, 2.24) is 9.21 Å². The number of piperidine rings is 1. The first-order chi connectivity index (χ1) is 10.3. The molecule has 2 rings (SSSR count). The molecule has 1 heterocycles. The second kappa shape index (κ2) is 6.95. The van der Waals surface area contributed by atoms with E-state index >= 15 is 0 Å². The third-order valence-corrected chi connectivity index (χ3v) is 6.29. The molecule has 0 spiro atoms. The van der Waals surface area contributed by atoms with E-state index in [0.29, 0.717) is 38.3 Å². The zero-order chi connectivity index (χ0) is 16.3. The van der Waals surface area contributed by atoms with Crippen LogP contribution in [0.3, 0.4) is 0 Å². The number of sulfonamides is 1. The predicted molar refractivity (Wildman–Crippen MR) is 80.7 cm³/mol. The number of aliphatic carboxylic acids is 1. The van der Waals surface area contributed by atoms with E-state index in [1.54, 1.807) is 6.92 Å². The van der Waals surface area contributed by atoms with Gasteiger partial charge in [0.2, 0.25) is 15.9 Å². The summed E-state index contributed by atoms with van der Waals surface area (Å²) in [6.45, 7) is 2.02. The lowest BCUT2D eigenvalue weighted by molar-refractivity contribution is -0.147. The van der Waals surface area contributed by atoms with Gasteiger partial charge >= 0.3 is 5.97 Å². The minimum Gasteiger partial charge on any atom is -0.480 e. The molecule has 1 saturated carbocycles. The summed E-state index contributed by atoms with van der Waals surface area (Å²) in [5, 5.41) is 9.03. The molecule has 0 unspecified atom stereocenters. The Balaban J connectivity index is 1.97. The van der Waals surface area contributed by atoms with E-state index in [9.17, 15) is 18.0 Å². The normalized spacial score (nSPS) is 20.8. The summed E-state index contributed by atoms with van der Waals surface area (Å²) in [4.78, 5) is 24.8. The van der Waals surface area contributed by atoms with Crippen LogP contribution in [-0.4, -0.2) is 66.0 Å². The van der Waals surface area contributed by atoms with Crippen molar-refractivity contribution in [2.24, 2.45) is 5.92 Å². The lowest BCUT2D eigenvalue weighted by Crippen LogP contribution is -2.50. The number of carboxylic acids is 1. The van der Waals surface area contributed by atoms with E-state index in [2.05, 4.69) is 0 Å². The van der Waals surface area contributed by atoms with Gasteiger partial charge in [0, 0.05) is 25.6 Å². The third kappa shape index (κ3) is 4.42. The van der Waals surface area contributed by atoms with Crippen LogP contribution in [0.2, 0.25) is 0 Å². The first-order valence-electron chi connectivity index (χ1n) is 7.82. The average molecular weight is 332 g/mol. The topological polar surface area (TPSA) is 95.0 Å². The lowest BCUT2D eigenvalue weighted by atomic mass is 10.0. The van der Waals surface area contributed by atoms with Crippen molar-refractivity contribution in [3.05, 3.63) is 0 Å². The zero-order valence-corrected chi connectivity index (χ0v) is 13.7. The Hall–Kier alpha value is -1.15. The summed E-state index contributed by atoms with van der Waals surface area (Å²) in [6.07, 6.45) is 3.51. The summed E-state index contributed by atoms with van der Waals surface area (Å²) >= 11 is 0. The predicted octanol–water partition coefficient (Wildman–Crippen LogP) is 0.514. The van der Waals surface area contributed by atoms with Gasteiger partial charge in [-0.3, -0.25) is 9.59 Å². The largest absolute Gasteiger partial charge is 0.480 e. The Labute approximate surface area is 131 Å². The molecule has 22 heavy (non-hydrogen) atoms. The second-order valence-electron chi connectivity index (χ2n) is 6.09. The van der Waals surface area contributed by atoms with Crippen molar-refractivity contribution in [2.75, 3.05) is 25.4 Å². The van der Waals surface area contributed by atoms with E-state index in [1.807, 2.05) is 0 Å². The molecule has 2 aliphatic rings. The number of rotatable bonds is 7. The fourth-order valence-electron chi connectivity index (χ4n) is 2.87. The number of hydrogen-bond acceptors (Lipinski definition) is 4. The summed E-state index contributed by atoms with van der Waals surface area (Å²) in [5.41, 5.74) is 0. The first-order valence-corrected chi connectivity index (χ1v) is 9.43. The van der Waals surface area contributed by atoms with Gasteiger partial charge < -0.3 is 10.0 Å². The van der Waals surface area contributed by atoms with Crippen LogP contribution >= 0.6 is 0 Å². The van der Waals surface area contributed by atoms with E-state index in [-0.39, 0.29) is 24.2 Å². The molecule has 1 saturated heterocycles. The highest BCUT2D eigenvalue weighted by Crippen LogP contribution is 2.33. The molecular weight excluding hydrogens is 308 g/mol. The molecule has 1 aliphatic carbocycles. The molecule has 0 atom stereocenters. The van der Waals surface area contributed by atoms with Crippen LogP contribution in [-0.2, 0) is 19.6 Å². The number of nitrogens with zero attached hydrogens (tertiary/aromatic N) is 2. The monoisotopic (exact) mass is 332 g/mol. The average Bonchev–Trinajstić information content (AvgIpc) is 3.28. The van der Waals surface area contributed by atoms with Crippen LogP contribution < -0.4 is 0 Å². The maximum atomic E-state index is 12.3. The summed E-state index contributed by atoms with van der Waals surface area (Å²) in [5.74, 6) is -0.657. The van der Waals surface area contributed by atoms with Crippen molar-refractivity contribution in [3.8, 4) is 0 Å². The Morgan fingerprint density at radius 1 is 1.18 bits per heavy atom. The number of carbonyl (C=O) groups is 2. The fraction of sp³-hybridized carbons (Fsp3) is 0.857. The van der Waals surface area contributed by atoms with E-state index in [4.69, 9.17) is 5.11 Å². The number of carboxylic acid groups (broad SMARTS) is 1. The summed E-state index contributed by atoms with van der Waals surface area (Å²) < 4.78 is 25.1. The third-order valence-electron chi connectivity index (χ3n) is 4.41. The number of amides is 1. The highest BCUT2D eigenvalue weighted by atomic mass is 32.2. The molecule has 1 amide bonds. The van der Waals surface area contributed by atoms with Gasteiger partial charge in [-0.15, -0.1) is 0 Å². The second-order valence-corrected chi connectivity index (χ2v) is 8.35. The fourth-order valence-corrected chi connectivity index (χ4v) is 4.00. The van der Waals surface area contributed by atoms with Gasteiger partial charge in [-0.25, -0.2) is 12.7 Å². The van der Waals surface area contributed by atoms with Gasteiger partial charge in [0.1, 0.15) is 6.54 Å². The minimum atomic E-state index is -3.21. The number of carbonyl (C=O) groups excluding carboxylic acids is 1. The zero-order valence-electron chi connectivity index (χ0n) is 12.9. The maximum absolute atomic E-state index is 12.3. The summed E-state index contributed by atoms with van der Waals surface area (Å²) in [6, 6.07) is -0.175. The molecule has 0 aromatic heterocycles. The van der Waals surface area contributed by atoms with Crippen LogP contribution in [0.25, 0.3) is 0 Å². The van der Waals surface area contributed by atoms with Gasteiger partial charge in [-0.05, 0) is 38.5 Å². The van der Waals surface area contributed by atoms with Crippen molar-refractivity contribution in [3.63, 3.8) is 0 Å². The maximum Gasteiger partial charge on any atom is 0.323 e. The molecule has 0 aromatic rings. The van der Waals surface area contributed by atoms with Gasteiger partial charge in [0.15, 0.2) is 0 Å². The molecule has 0 radical (unpaired) electrons. The Morgan fingerprint density at radius 3 is 2.23 bits per heavy atom. The SMILES string of the molecule is CCS(=O)(=O)N1CCC(N(CC(=O)O)C(=O)CC2CC2)CC1. The van der Waals surface area contributed by atoms with Crippen molar-refractivity contribution in [2.45, 2.75) is 45.1 Å². The minimum absolute atomic E-state index is 0.0666. The Morgan fingerprint density at radius 2 is 1.77 bits per heavy atom. The van der Waals surface area contributed by atoms with Crippen LogP contribution in [0, 0.1) is 5.92 Å². The van der Waals surface area contributed by atoms with Crippen molar-refractivity contribution in [1.29, 1.82) is 0 Å². The quantitative estimate of drug-likeness (QED) is 0.733. The lowest BCUT2D eigenvalue weighted by Gasteiger charge is -2.37. The van der Waals surface area contributed by atoms with Crippen molar-refractivity contribution >= 4 is 21.9 Å². The highest BCUT2D eigenvalue weighted by Gasteiger charge is 2.34. The standard InChI is InChI=1S/C14H24N2O5S/c1-2-22(20,21)15-7-5-12(6-8-15)16(10-14(18)19)13(17)9-11-3-4-11/h11-12H,2-10H2,1H3,(H,18,19). The van der Waals surface area contributed by atoms with E-state index in [0.717, 1.165) is 12.8 Å². The van der Waals surface area contributed by atoms with Crippen LogP contribution in [0.15, 0.2) is 0 Å². The molecule has 0 aromatic carbocycles. The van der Waals surface area contributed by atoms with E-state index < -0.39 is 16.0 Å². The first kappa shape index (κ1) is 17.2. The highest BCUT2D eigenvalue weighted by molar-refractivity contribution is 7.89. The molecule has 2 fully saturated rings. The van der Waals surface area contributed by atoms with Crippen LogP contribution in [0.4, 0.5) is 0 Å². The van der Waals surface area contributed by atoms with E-state index in [1.165, 1.54) is 9.21 Å². The molecule has 7 nitrogen and oxygen atoms in total. The Bertz CT molecular complexity index is 521. The van der Waals surface area contributed by atoms with Crippen LogP contribution in [0.1, 0.15) is 39.0 Å². The van der Waals surface area contributed by atoms with Crippen LogP contribution in [0.5, 0.6) is 0 Å². The summed E-state index contributed by atoms with van der Waals surface area (Å²) in [7, 11) is -3.21. The van der Waals surface area contributed by atoms with Gasteiger partial charge in [0.25, 0.3) is 0 Å². The van der Waals surface area contributed by atoms with Crippen molar-refractivity contribution < 1.29 is 23.1 Å². The molecule has 1 aliphatic heterocycles. The van der Waals surface area contributed by atoms with Gasteiger partial charge in [-0.1, -0.05) is 0 Å². The van der Waals surface area contributed by atoms with Gasteiger partial charge in [0.05, 0.1) is 5.75 Å². The molecule has 0 bridgehead atoms.